The number of hydrogen-bond donors (Lipinski definition) is 0. The predicted molar refractivity (Wildman–Crippen MR) is 201 cm³/mol. The first kappa shape index (κ1) is 26.6. The lowest BCUT2D eigenvalue weighted by Gasteiger charge is -2.28. The van der Waals surface area contributed by atoms with Gasteiger partial charge in [0.15, 0.2) is 0 Å². The number of rotatable bonds is 4. The molecule has 1 aliphatic rings. The van der Waals surface area contributed by atoms with Crippen LogP contribution in [0.3, 0.4) is 0 Å². The van der Waals surface area contributed by atoms with Gasteiger partial charge in [-0.3, -0.25) is 0 Å². The zero-order valence-corrected chi connectivity index (χ0v) is 26.8. The second-order valence-electron chi connectivity index (χ2n) is 12.6. The lowest BCUT2D eigenvalue weighted by molar-refractivity contribution is 1.17. The van der Waals surface area contributed by atoms with Crippen molar-refractivity contribution >= 4 is 70.4 Å². The molecule has 0 atom stereocenters. The Bertz CT molecular complexity index is 2670. The van der Waals surface area contributed by atoms with Crippen molar-refractivity contribution in [3.8, 4) is 16.8 Å². The van der Waals surface area contributed by atoms with Crippen LogP contribution in [0.2, 0.25) is 0 Å². The molecule has 2 nitrogen and oxygen atoms in total. The van der Waals surface area contributed by atoms with Crippen molar-refractivity contribution in [2.45, 2.75) is 13.3 Å². The minimum absolute atomic E-state index is 0.963. The van der Waals surface area contributed by atoms with Gasteiger partial charge in [0.25, 0.3) is 0 Å². The van der Waals surface area contributed by atoms with E-state index in [1.165, 1.54) is 86.9 Å². The molecular formula is C44H30N2S. The highest BCUT2D eigenvalue weighted by Gasteiger charge is 2.26. The Morgan fingerprint density at radius 3 is 2.11 bits per heavy atom. The van der Waals surface area contributed by atoms with E-state index in [-0.39, 0.29) is 0 Å². The molecule has 47 heavy (non-hydrogen) atoms. The quantitative estimate of drug-likeness (QED) is 0.190. The van der Waals surface area contributed by atoms with Crippen molar-refractivity contribution in [1.29, 1.82) is 0 Å². The predicted octanol–water partition coefficient (Wildman–Crippen LogP) is 12.5. The van der Waals surface area contributed by atoms with E-state index in [9.17, 15) is 0 Å². The van der Waals surface area contributed by atoms with Gasteiger partial charge in [-0.1, -0.05) is 90.5 Å². The molecule has 0 bridgehead atoms. The molecule has 0 aliphatic heterocycles. The second-order valence-corrected chi connectivity index (χ2v) is 13.7. The molecule has 0 fully saturated rings. The Morgan fingerprint density at radius 2 is 1.21 bits per heavy atom. The number of hydrogen-bond acceptors (Lipinski definition) is 2. The van der Waals surface area contributed by atoms with E-state index in [0.29, 0.717) is 0 Å². The van der Waals surface area contributed by atoms with Gasteiger partial charge >= 0.3 is 0 Å². The number of fused-ring (bicyclic) bond motifs is 9. The number of aromatic nitrogens is 1. The van der Waals surface area contributed by atoms with Crippen molar-refractivity contribution < 1.29 is 0 Å². The van der Waals surface area contributed by atoms with Gasteiger partial charge in [0.1, 0.15) is 0 Å². The minimum atomic E-state index is 0.963. The molecule has 3 heteroatoms. The van der Waals surface area contributed by atoms with Gasteiger partial charge in [0.05, 0.1) is 16.7 Å². The standard InChI is InChI=1S/C44H30N2S/c1-28-17-19-31(20-18-28)46-39-14-6-4-12-35(39)37-26-32(21-23-40(37)46)45(33-22-24-43-38(27-33)36-13-5-7-16-42(36)47-43)41-15-8-10-30-25-29-9-2-3-11-34(29)44(30)41/h2-24,26-27H,25H2,1H3. The summed E-state index contributed by atoms with van der Waals surface area (Å²) < 4.78 is 5.04. The average molecular weight is 619 g/mol. The van der Waals surface area contributed by atoms with Crippen molar-refractivity contribution in [2.75, 3.05) is 4.90 Å². The molecule has 9 aromatic rings. The Kier molecular flexibility index (Phi) is 5.76. The summed E-state index contributed by atoms with van der Waals surface area (Å²) >= 11 is 1.87. The fourth-order valence-electron chi connectivity index (χ4n) is 7.71. The molecule has 0 amide bonds. The maximum atomic E-state index is 2.49. The Balaban J connectivity index is 1.25. The van der Waals surface area contributed by atoms with E-state index in [0.717, 1.165) is 12.1 Å². The maximum absolute atomic E-state index is 2.49. The normalized spacial score (nSPS) is 12.3. The van der Waals surface area contributed by atoms with Crippen LogP contribution in [0.5, 0.6) is 0 Å². The number of thiophene rings is 1. The molecule has 0 saturated heterocycles. The molecule has 0 radical (unpaired) electrons. The fourth-order valence-corrected chi connectivity index (χ4v) is 8.79. The minimum Gasteiger partial charge on any atom is -0.310 e. The van der Waals surface area contributed by atoms with E-state index in [2.05, 4.69) is 168 Å². The van der Waals surface area contributed by atoms with Gasteiger partial charge in [0.2, 0.25) is 0 Å². The number of nitrogens with zero attached hydrogens (tertiary/aromatic N) is 2. The largest absolute Gasteiger partial charge is 0.310 e. The van der Waals surface area contributed by atoms with Crippen molar-refractivity contribution in [3.63, 3.8) is 0 Å². The smallest absolute Gasteiger partial charge is 0.0543 e. The third-order valence-corrected chi connectivity index (χ3v) is 11.0. The van der Waals surface area contributed by atoms with Crippen LogP contribution in [0.4, 0.5) is 17.1 Å². The number of para-hydroxylation sites is 1. The molecule has 2 heterocycles. The van der Waals surface area contributed by atoms with E-state index in [1.807, 2.05) is 11.3 Å². The first-order chi connectivity index (χ1) is 23.2. The summed E-state index contributed by atoms with van der Waals surface area (Å²) in [5, 5.41) is 5.12. The van der Waals surface area contributed by atoms with Gasteiger partial charge in [-0.15, -0.1) is 11.3 Å². The molecule has 0 spiro atoms. The molecular weight excluding hydrogens is 589 g/mol. The van der Waals surface area contributed by atoms with Crippen LogP contribution in [-0.2, 0) is 6.42 Å². The molecule has 222 valence electrons. The van der Waals surface area contributed by atoms with E-state index >= 15 is 0 Å². The van der Waals surface area contributed by atoms with Gasteiger partial charge in [-0.25, -0.2) is 0 Å². The van der Waals surface area contributed by atoms with Gasteiger partial charge in [-0.05, 0) is 96.8 Å². The Morgan fingerprint density at radius 1 is 0.532 bits per heavy atom. The fraction of sp³-hybridized carbons (Fsp3) is 0.0455. The summed E-state index contributed by atoms with van der Waals surface area (Å²) in [6.45, 7) is 2.14. The SMILES string of the molecule is Cc1ccc(-n2c3ccccc3c3cc(N(c4ccc5sc6ccccc6c5c4)c4cccc5c4-c4ccccc4C5)ccc32)cc1. The zero-order chi connectivity index (χ0) is 31.1. The summed E-state index contributed by atoms with van der Waals surface area (Å²) in [6.07, 6.45) is 0.963. The van der Waals surface area contributed by atoms with Gasteiger partial charge in [0, 0.05) is 53.6 Å². The third-order valence-electron chi connectivity index (χ3n) is 9.86. The summed E-state index contributed by atoms with van der Waals surface area (Å²) in [5.74, 6) is 0. The van der Waals surface area contributed by atoms with Crippen molar-refractivity contribution in [3.05, 3.63) is 168 Å². The van der Waals surface area contributed by atoms with Crippen molar-refractivity contribution in [2.24, 2.45) is 0 Å². The van der Waals surface area contributed by atoms with E-state index < -0.39 is 0 Å². The highest BCUT2D eigenvalue weighted by molar-refractivity contribution is 7.25. The molecule has 0 saturated carbocycles. The van der Waals surface area contributed by atoms with E-state index in [1.54, 1.807) is 0 Å². The van der Waals surface area contributed by atoms with Crippen molar-refractivity contribution in [1.82, 2.24) is 4.57 Å². The van der Waals surface area contributed by atoms with Crippen LogP contribution in [0.15, 0.2) is 152 Å². The van der Waals surface area contributed by atoms with Crippen LogP contribution in [0.1, 0.15) is 16.7 Å². The number of anilines is 3. The molecule has 1 aliphatic carbocycles. The zero-order valence-electron chi connectivity index (χ0n) is 25.9. The number of benzene rings is 7. The molecule has 10 rings (SSSR count). The molecule has 0 unspecified atom stereocenters. The second kappa shape index (κ2) is 10.2. The Labute approximate surface area is 277 Å². The molecule has 2 aromatic heterocycles. The van der Waals surface area contributed by atoms with E-state index in [4.69, 9.17) is 0 Å². The monoisotopic (exact) mass is 618 g/mol. The third kappa shape index (κ3) is 4.03. The number of aryl methyl sites for hydroxylation is 1. The lowest BCUT2D eigenvalue weighted by atomic mass is 10.0. The van der Waals surface area contributed by atoms with Crippen LogP contribution in [-0.4, -0.2) is 4.57 Å². The highest BCUT2D eigenvalue weighted by atomic mass is 32.1. The summed E-state index contributed by atoms with van der Waals surface area (Å²) in [4.78, 5) is 2.49. The van der Waals surface area contributed by atoms with Gasteiger partial charge < -0.3 is 9.47 Å². The molecule has 0 N–H and O–H groups in total. The van der Waals surface area contributed by atoms with Crippen LogP contribution >= 0.6 is 11.3 Å². The van der Waals surface area contributed by atoms with Crippen LogP contribution in [0, 0.1) is 6.92 Å². The lowest BCUT2D eigenvalue weighted by Crippen LogP contribution is -2.11. The Hall–Kier alpha value is -5.64. The topological polar surface area (TPSA) is 8.17 Å². The first-order valence-electron chi connectivity index (χ1n) is 16.2. The highest BCUT2D eigenvalue weighted by Crippen LogP contribution is 2.49. The first-order valence-corrected chi connectivity index (χ1v) is 17.0. The van der Waals surface area contributed by atoms with Crippen LogP contribution in [0.25, 0.3) is 58.8 Å². The summed E-state index contributed by atoms with van der Waals surface area (Å²) in [7, 11) is 0. The summed E-state index contributed by atoms with van der Waals surface area (Å²) in [5.41, 5.74) is 13.9. The average Bonchev–Trinajstić information content (AvgIpc) is 3.78. The van der Waals surface area contributed by atoms with Crippen LogP contribution < -0.4 is 4.90 Å². The van der Waals surface area contributed by atoms with Gasteiger partial charge in [-0.2, -0.15) is 0 Å². The summed E-state index contributed by atoms with van der Waals surface area (Å²) in [6, 6.07) is 56.2. The maximum Gasteiger partial charge on any atom is 0.0543 e. The molecule has 7 aromatic carbocycles.